The highest BCUT2D eigenvalue weighted by molar-refractivity contribution is 5.75. The highest BCUT2D eigenvalue weighted by Crippen LogP contribution is 2.10. The van der Waals surface area contributed by atoms with Crippen LogP contribution >= 0.6 is 0 Å². The molecular weight excluding hydrogens is 176 g/mol. The summed E-state index contributed by atoms with van der Waals surface area (Å²) >= 11 is 0. The zero-order chi connectivity index (χ0) is 10.3. The van der Waals surface area contributed by atoms with Gasteiger partial charge in [-0.25, -0.2) is 4.98 Å². The highest BCUT2D eigenvalue weighted by atomic mass is 16.1. The highest BCUT2D eigenvalue weighted by Gasteiger charge is 2.08. The number of hydrogen-bond donors (Lipinski definition) is 0. The molecule has 2 aromatic rings. The van der Waals surface area contributed by atoms with Crippen molar-refractivity contribution in [1.82, 2.24) is 9.55 Å². The Morgan fingerprint density at radius 1 is 1.36 bits per heavy atom. The van der Waals surface area contributed by atoms with Crippen molar-refractivity contribution in [1.29, 1.82) is 0 Å². The molecule has 0 fully saturated rings. The van der Waals surface area contributed by atoms with Crippen LogP contribution in [0.1, 0.15) is 11.3 Å². The van der Waals surface area contributed by atoms with Crippen LogP contribution in [0.2, 0.25) is 0 Å². The van der Waals surface area contributed by atoms with E-state index < -0.39 is 0 Å². The van der Waals surface area contributed by atoms with E-state index in [1.807, 2.05) is 31.5 Å². The first-order chi connectivity index (χ1) is 6.63. The fourth-order valence-electron chi connectivity index (χ4n) is 1.62. The maximum absolute atomic E-state index is 11.8. The summed E-state index contributed by atoms with van der Waals surface area (Å²) < 4.78 is 1.95. The minimum absolute atomic E-state index is 0.0868. The van der Waals surface area contributed by atoms with E-state index in [1.54, 1.807) is 12.3 Å². The molecule has 14 heavy (non-hydrogen) atoms. The molecule has 2 heterocycles. The summed E-state index contributed by atoms with van der Waals surface area (Å²) in [5.74, 6) is 0. The largest absolute Gasteiger partial charge is 0.332 e. The summed E-state index contributed by atoms with van der Waals surface area (Å²) in [6, 6.07) is 3.61. The van der Waals surface area contributed by atoms with Crippen LogP contribution in [0, 0.1) is 13.8 Å². The Morgan fingerprint density at radius 3 is 2.79 bits per heavy atom. The molecule has 0 atom stereocenters. The maximum atomic E-state index is 11.8. The Bertz CT molecular complexity index is 555. The van der Waals surface area contributed by atoms with Gasteiger partial charge in [-0.15, -0.1) is 0 Å². The van der Waals surface area contributed by atoms with Gasteiger partial charge in [-0.1, -0.05) is 0 Å². The second kappa shape index (κ2) is 2.94. The van der Waals surface area contributed by atoms with E-state index in [9.17, 15) is 4.79 Å². The zero-order valence-electron chi connectivity index (χ0n) is 8.53. The van der Waals surface area contributed by atoms with Crippen LogP contribution < -0.4 is 5.43 Å². The number of aromatic nitrogens is 2. The molecule has 0 unspecified atom stereocenters. The van der Waals surface area contributed by atoms with Gasteiger partial charge in [-0.3, -0.25) is 4.79 Å². The smallest absolute Gasteiger partial charge is 0.194 e. The lowest BCUT2D eigenvalue weighted by atomic mass is 10.1. The molecule has 0 bridgehead atoms. The molecule has 0 amide bonds. The Labute approximate surface area is 82.0 Å². The molecule has 3 heteroatoms. The van der Waals surface area contributed by atoms with Crippen molar-refractivity contribution in [2.45, 2.75) is 13.8 Å². The summed E-state index contributed by atoms with van der Waals surface area (Å²) in [7, 11) is 1.93. The van der Waals surface area contributed by atoms with Gasteiger partial charge in [0, 0.05) is 24.5 Å². The molecule has 0 aliphatic rings. The predicted octanol–water partition coefficient (Wildman–Crippen LogP) is 1.55. The first-order valence-corrected chi connectivity index (χ1v) is 4.54. The van der Waals surface area contributed by atoms with Crippen LogP contribution in [0.15, 0.2) is 23.1 Å². The van der Waals surface area contributed by atoms with Crippen LogP contribution in [0.5, 0.6) is 0 Å². The predicted molar refractivity (Wildman–Crippen MR) is 56.5 cm³/mol. The maximum Gasteiger partial charge on any atom is 0.194 e. The van der Waals surface area contributed by atoms with E-state index in [0.717, 1.165) is 16.9 Å². The van der Waals surface area contributed by atoms with Crippen molar-refractivity contribution in [3.05, 3.63) is 39.8 Å². The van der Waals surface area contributed by atoms with E-state index in [1.165, 1.54) is 0 Å². The fraction of sp³-hybridized carbons (Fsp3) is 0.273. The van der Waals surface area contributed by atoms with Crippen LogP contribution in [0.4, 0.5) is 0 Å². The van der Waals surface area contributed by atoms with E-state index in [0.29, 0.717) is 5.39 Å². The van der Waals surface area contributed by atoms with Crippen LogP contribution in [0.3, 0.4) is 0 Å². The Balaban J connectivity index is 3.10. The minimum atomic E-state index is 0.0868. The second-order valence-corrected chi connectivity index (χ2v) is 3.47. The Kier molecular flexibility index (Phi) is 1.88. The van der Waals surface area contributed by atoms with E-state index in [-0.39, 0.29) is 5.43 Å². The summed E-state index contributed by atoms with van der Waals surface area (Å²) in [4.78, 5) is 16.1. The van der Waals surface area contributed by atoms with Crippen molar-refractivity contribution in [3.8, 4) is 0 Å². The van der Waals surface area contributed by atoms with Gasteiger partial charge >= 0.3 is 0 Å². The molecule has 3 nitrogen and oxygen atoms in total. The van der Waals surface area contributed by atoms with Gasteiger partial charge < -0.3 is 4.57 Å². The van der Waals surface area contributed by atoms with E-state index in [4.69, 9.17) is 0 Å². The fourth-order valence-corrected chi connectivity index (χ4v) is 1.62. The van der Waals surface area contributed by atoms with Crippen LogP contribution in [0.25, 0.3) is 11.0 Å². The topological polar surface area (TPSA) is 34.9 Å². The Morgan fingerprint density at radius 2 is 2.07 bits per heavy atom. The van der Waals surface area contributed by atoms with Gasteiger partial charge in [0.15, 0.2) is 5.43 Å². The summed E-state index contributed by atoms with van der Waals surface area (Å²) in [6.07, 6.45) is 1.70. The molecule has 72 valence electrons. The summed E-state index contributed by atoms with van der Waals surface area (Å²) in [5.41, 5.74) is 2.61. The lowest BCUT2D eigenvalue weighted by Crippen LogP contribution is -2.15. The Hall–Kier alpha value is -1.64. The molecule has 0 radical (unpaired) electrons. The average Bonchev–Trinajstić information content (AvgIpc) is 2.23. The molecule has 0 saturated heterocycles. The van der Waals surface area contributed by atoms with Crippen molar-refractivity contribution in [3.63, 3.8) is 0 Å². The van der Waals surface area contributed by atoms with Gasteiger partial charge in [-0.2, -0.15) is 0 Å². The van der Waals surface area contributed by atoms with E-state index in [2.05, 4.69) is 4.98 Å². The van der Waals surface area contributed by atoms with Gasteiger partial charge in [0.25, 0.3) is 0 Å². The first kappa shape index (κ1) is 8.94. The number of nitrogens with zero attached hydrogens (tertiary/aromatic N) is 2. The van der Waals surface area contributed by atoms with Gasteiger partial charge in [0.05, 0.1) is 5.39 Å². The first-order valence-electron chi connectivity index (χ1n) is 4.54. The van der Waals surface area contributed by atoms with Crippen molar-refractivity contribution < 1.29 is 0 Å². The molecule has 0 aliphatic heterocycles. The quantitative estimate of drug-likeness (QED) is 0.628. The minimum Gasteiger partial charge on any atom is -0.332 e. The molecule has 0 N–H and O–H groups in total. The van der Waals surface area contributed by atoms with Gasteiger partial charge in [0.1, 0.15) is 5.65 Å². The molecule has 0 saturated carbocycles. The zero-order valence-corrected chi connectivity index (χ0v) is 8.53. The average molecular weight is 188 g/mol. The van der Waals surface area contributed by atoms with Crippen LogP contribution in [-0.4, -0.2) is 9.55 Å². The van der Waals surface area contributed by atoms with Crippen LogP contribution in [-0.2, 0) is 7.05 Å². The van der Waals surface area contributed by atoms with E-state index >= 15 is 0 Å². The standard InChI is InChI=1S/C11H12N2O/c1-7-8(2)13(3)11-9(10(7)14)5-4-6-12-11/h4-6H,1-3H3. The second-order valence-electron chi connectivity index (χ2n) is 3.47. The molecule has 0 spiro atoms. The molecule has 2 rings (SSSR count). The normalized spacial score (nSPS) is 10.8. The summed E-state index contributed by atoms with van der Waals surface area (Å²) in [6.45, 7) is 3.79. The molecule has 2 aromatic heterocycles. The number of aryl methyl sites for hydroxylation is 1. The third-order valence-electron chi connectivity index (χ3n) is 2.74. The lowest BCUT2D eigenvalue weighted by Gasteiger charge is -2.10. The number of fused-ring (bicyclic) bond motifs is 1. The number of rotatable bonds is 0. The number of pyridine rings is 2. The SMILES string of the molecule is Cc1c(C)n(C)c2ncccc2c1=O. The third-order valence-corrected chi connectivity index (χ3v) is 2.74. The third kappa shape index (κ3) is 1.05. The molecular formula is C11H12N2O. The molecule has 0 aliphatic carbocycles. The molecule has 0 aromatic carbocycles. The van der Waals surface area contributed by atoms with Crippen molar-refractivity contribution in [2.24, 2.45) is 7.05 Å². The van der Waals surface area contributed by atoms with Crippen molar-refractivity contribution >= 4 is 11.0 Å². The lowest BCUT2D eigenvalue weighted by molar-refractivity contribution is 0.868. The van der Waals surface area contributed by atoms with Gasteiger partial charge in [-0.05, 0) is 26.0 Å². The van der Waals surface area contributed by atoms with Gasteiger partial charge in [0.2, 0.25) is 0 Å². The monoisotopic (exact) mass is 188 g/mol. The number of hydrogen-bond acceptors (Lipinski definition) is 2. The summed E-state index contributed by atoms with van der Waals surface area (Å²) in [5, 5.41) is 0.693. The van der Waals surface area contributed by atoms with Crippen molar-refractivity contribution in [2.75, 3.05) is 0 Å².